The van der Waals surface area contributed by atoms with Crippen molar-refractivity contribution in [2.24, 2.45) is 0 Å². The molecule has 1 amide bonds. The zero-order chi connectivity index (χ0) is 12.1. The maximum atomic E-state index is 10.9. The number of rotatable bonds is 6. The van der Waals surface area contributed by atoms with Crippen LogP contribution in [0.15, 0.2) is 0 Å². The molecular weight excluding hydrogens is 292 g/mol. The Morgan fingerprint density at radius 2 is 1.76 bits per heavy atom. The second-order valence-electron chi connectivity index (χ2n) is 2.64. The van der Waals surface area contributed by atoms with Crippen molar-refractivity contribution < 1.29 is 86.8 Å². The molecular formula is C6H9NNa2O6S2. The van der Waals surface area contributed by atoms with Gasteiger partial charge in [-0.05, 0) is 5.75 Å². The molecule has 0 unspecified atom stereocenters. The summed E-state index contributed by atoms with van der Waals surface area (Å²) in [5.74, 6) is -3.58. The monoisotopic (exact) mass is 301 g/mol. The Bertz CT molecular complexity index is 346. The van der Waals surface area contributed by atoms with Crippen LogP contribution in [0.2, 0.25) is 0 Å². The summed E-state index contributed by atoms with van der Waals surface area (Å²) < 4.78 is 30.8. The second-order valence-corrected chi connectivity index (χ2v) is 4.53. The molecule has 0 aromatic heterocycles. The van der Waals surface area contributed by atoms with Crippen molar-refractivity contribution in [1.82, 2.24) is 5.32 Å². The Hall–Kier alpha value is 1.20. The van der Waals surface area contributed by atoms with Gasteiger partial charge in [0.25, 0.3) is 0 Å². The first-order valence-corrected chi connectivity index (χ1v) is 6.02. The van der Waals surface area contributed by atoms with Crippen LogP contribution in [-0.2, 0) is 19.7 Å². The Morgan fingerprint density at radius 3 is 2.06 bits per heavy atom. The molecule has 0 bridgehead atoms. The fraction of sp³-hybridized carbons (Fsp3) is 0.667. The minimum absolute atomic E-state index is 0. The third-order valence-corrected chi connectivity index (χ3v) is 2.29. The van der Waals surface area contributed by atoms with Gasteiger partial charge in [-0.25, -0.2) is 8.42 Å². The van der Waals surface area contributed by atoms with Crippen molar-refractivity contribution in [2.75, 3.05) is 11.5 Å². The third-order valence-electron chi connectivity index (χ3n) is 1.33. The molecule has 0 saturated carbocycles. The number of hydrogen-bond acceptors (Lipinski definition) is 7. The van der Waals surface area contributed by atoms with Crippen LogP contribution < -0.4 is 69.5 Å². The summed E-state index contributed by atoms with van der Waals surface area (Å²) in [5.41, 5.74) is 0. The number of aliphatic carboxylic acids is 1. The summed E-state index contributed by atoms with van der Waals surface area (Å²) in [5, 5.41) is 12.2. The third kappa shape index (κ3) is 13.4. The number of thiol groups is 1. The molecule has 0 aliphatic carbocycles. The van der Waals surface area contributed by atoms with Gasteiger partial charge in [-0.15, -0.1) is 0 Å². The first kappa shape index (κ1) is 23.3. The number of hydrogen-bond donors (Lipinski definition) is 2. The maximum Gasteiger partial charge on any atom is 1.00 e. The SMILES string of the molecule is O=C(CCS)N[C@@H](CS(=O)(=O)[O-])C(=O)[O-].[Na+].[Na+]. The number of nitrogens with one attached hydrogen (secondary N) is 1. The second kappa shape index (κ2) is 11.1. The standard InChI is InChI=1S/C6H11NO6S2.2Na/c8-5(1-2-14)7-4(6(9)10)3-15(11,12)13;;/h4,14H,1-3H2,(H,7,8)(H,9,10)(H,11,12,13);;/q;2*+1/p-2/t4-;;/m0../s1. The Morgan fingerprint density at radius 1 is 1.29 bits per heavy atom. The normalized spacial score (nSPS) is 11.6. The molecule has 0 fully saturated rings. The van der Waals surface area contributed by atoms with Gasteiger partial charge < -0.3 is 19.8 Å². The van der Waals surface area contributed by atoms with Crippen LogP contribution in [0, 0.1) is 0 Å². The van der Waals surface area contributed by atoms with Gasteiger partial charge in [-0.3, -0.25) is 4.79 Å². The Balaban J connectivity index is -0.000000980. The summed E-state index contributed by atoms with van der Waals surface area (Å²) in [6.07, 6.45) is -0.0776. The van der Waals surface area contributed by atoms with Crippen molar-refractivity contribution >= 4 is 34.6 Å². The summed E-state index contributed by atoms with van der Waals surface area (Å²) in [6, 6.07) is -1.82. The van der Waals surface area contributed by atoms with Crippen molar-refractivity contribution in [2.45, 2.75) is 12.5 Å². The molecule has 88 valence electrons. The van der Waals surface area contributed by atoms with Crippen LogP contribution in [0.25, 0.3) is 0 Å². The van der Waals surface area contributed by atoms with E-state index in [2.05, 4.69) is 12.6 Å². The molecule has 0 aliphatic heterocycles. The van der Waals surface area contributed by atoms with Gasteiger partial charge >= 0.3 is 59.1 Å². The van der Waals surface area contributed by atoms with E-state index >= 15 is 0 Å². The van der Waals surface area contributed by atoms with Crippen LogP contribution >= 0.6 is 12.6 Å². The molecule has 1 N–H and O–H groups in total. The van der Waals surface area contributed by atoms with Crippen LogP contribution in [0.5, 0.6) is 0 Å². The van der Waals surface area contributed by atoms with Gasteiger partial charge in [0.2, 0.25) is 5.91 Å². The molecule has 7 nitrogen and oxygen atoms in total. The van der Waals surface area contributed by atoms with Gasteiger partial charge in [0.15, 0.2) is 0 Å². The van der Waals surface area contributed by atoms with Crippen molar-refractivity contribution in [3.63, 3.8) is 0 Å². The minimum atomic E-state index is -4.73. The molecule has 1 atom stereocenters. The van der Waals surface area contributed by atoms with E-state index in [4.69, 9.17) is 0 Å². The number of carbonyl (C=O) groups excluding carboxylic acids is 2. The average Bonchev–Trinajstić information content (AvgIpc) is 2.00. The van der Waals surface area contributed by atoms with Gasteiger partial charge in [-0.2, -0.15) is 12.6 Å². The smallest absolute Gasteiger partial charge is 0.748 e. The largest absolute Gasteiger partial charge is 1.00 e. The van der Waals surface area contributed by atoms with Crippen LogP contribution in [0.1, 0.15) is 6.42 Å². The first-order valence-electron chi connectivity index (χ1n) is 3.81. The van der Waals surface area contributed by atoms with Gasteiger partial charge in [0, 0.05) is 6.42 Å². The number of carboxylic acids is 1. The predicted molar refractivity (Wildman–Crippen MR) is 50.0 cm³/mol. The molecule has 0 radical (unpaired) electrons. The van der Waals surface area contributed by atoms with Crippen LogP contribution in [-0.4, -0.2) is 42.4 Å². The first-order chi connectivity index (χ1) is 6.76. The van der Waals surface area contributed by atoms with Gasteiger partial charge in [0.05, 0.1) is 27.9 Å². The summed E-state index contributed by atoms with van der Waals surface area (Å²) in [6.45, 7) is 0. The van der Waals surface area contributed by atoms with E-state index < -0.39 is 33.8 Å². The number of amides is 1. The molecule has 0 aliphatic rings. The van der Waals surface area contributed by atoms with Crippen LogP contribution in [0.3, 0.4) is 0 Å². The van der Waals surface area contributed by atoms with E-state index in [1.165, 1.54) is 0 Å². The molecule has 17 heavy (non-hydrogen) atoms. The zero-order valence-electron chi connectivity index (χ0n) is 9.50. The van der Waals surface area contributed by atoms with E-state index in [1.807, 2.05) is 5.32 Å². The zero-order valence-corrected chi connectivity index (χ0v) is 15.2. The van der Waals surface area contributed by atoms with Crippen molar-refractivity contribution in [1.29, 1.82) is 0 Å². The van der Waals surface area contributed by atoms with Gasteiger partial charge in [-0.1, -0.05) is 0 Å². The number of carbonyl (C=O) groups is 2. The fourth-order valence-electron chi connectivity index (χ4n) is 0.741. The maximum absolute atomic E-state index is 10.9. The minimum Gasteiger partial charge on any atom is -0.748 e. The quantitative estimate of drug-likeness (QED) is 0.285. The molecule has 0 saturated heterocycles. The number of carboxylic acid groups (broad SMARTS) is 1. The van der Waals surface area contributed by atoms with E-state index in [9.17, 15) is 27.7 Å². The topological polar surface area (TPSA) is 126 Å². The molecule has 0 aromatic rings. The fourth-order valence-corrected chi connectivity index (χ4v) is 1.57. The summed E-state index contributed by atoms with van der Waals surface area (Å²) >= 11 is 3.72. The van der Waals surface area contributed by atoms with E-state index in [1.54, 1.807) is 0 Å². The van der Waals surface area contributed by atoms with Gasteiger partial charge in [0.1, 0.15) is 0 Å². The molecule has 0 aromatic carbocycles. The predicted octanol–water partition coefficient (Wildman–Crippen LogP) is -8.91. The Labute approximate surface area is 149 Å². The molecule has 11 heteroatoms. The summed E-state index contributed by atoms with van der Waals surface area (Å²) in [4.78, 5) is 21.3. The van der Waals surface area contributed by atoms with Crippen LogP contribution in [0.4, 0.5) is 0 Å². The molecule has 0 heterocycles. The van der Waals surface area contributed by atoms with E-state index in [-0.39, 0.29) is 71.3 Å². The summed E-state index contributed by atoms with van der Waals surface area (Å²) in [7, 11) is -4.73. The molecule has 0 spiro atoms. The van der Waals surface area contributed by atoms with E-state index in [0.29, 0.717) is 0 Å². The van der Waals surface area contributed by atoms with Crippen molar-refractivity contribution in [3.8, 4) is 0 Å². The van der Waals surface area contributed by atoms with Crippen molar-refractivity contribution in [3.05, 3.63) is 0 Å². The van der Waals surface area contributed by atoms with E-state index in [0.717, 1.165) is 0 Å². The molecule has 0 rings (SSSR count). The average molecular weight is 301 g/mol. The Kier molecular flexibility index (Phi) is 15.2.